The van der Waals surface area contributed by atoms with E-state index in [0.717, 1.165) is 47.6 Å². The number of benzene rings is 2. The Morgan fingerprint density at radius 1 is 1.19 bits per heavy atom. The van der Waals surface area contributed by atoms with Crippen LogP contribution in [-0.4, -0.2) is 46.5 Å². The molecule has 158 valence electrons. The molecule has 2 heterocycles. The fraction of sp³-hybridized carbons (Fsp3) is 0.360. The Bertz CT molecular complexity index is 1150. The monoisotopic (exact) mass is 413 g/mol. The average molecular weight is 414 g/mol. The highest BCUT2D eigenvalue weighted by molar-refractivity contribution is 5.84. The van der Waals surface area contributed by atoms with Gasteiger partial charge in [-0.2, -0.15) is 5.26 Å². The molecule has 1 fully saturated rings. The van der Waals surface area contributed by atoms with E-state index in [-0.39, 0.29) is 17.9 Å². The van der Waals surface area contributed by atoms with Crippen molar-refractivity contribution in [3.8, 4) is 17.3 Å². The summed E-state index contributed by atoms with van der Waals surface area (Å²) in [6.45, 7) is 8.18. The molecule has 1 atom stereocenters. The highest BCUT2D eigenvalue weighted by Crippen LogP contribution is 2.33. The maximum atomic E-state index is 12.7. The van der Waals surface area contributed by atoms with Crippen LogP contribution in [0, 0.1) is 17.2 Å². The molecule has 6 nitrogen and oxygen atoms in total. The number of fused-ring (bicyclic) bond motifs is 1. The van der Waals surface area contributed by atoms with Crippen molar-refractivity contribution in [2.24, 2.45) is 5.92 Å². The maximum Gasteiger partial charge on any atom is 0.225 e. The molecule has 0 N–H and O–H groups in total. The van der Waals surface area contributed by atoms with Gasteiger partial charge in [-0.25, -0.2) is 9.97 Å². The topological polar surface area (TPSA) is 73.1 Å². The highest BCUT2D eigenvalue weighted by Gasteiger charge is 2.32. The van der Waals surface area contributed by atoms with Crippen molar-refractivity contribution in [3.05, 3.63) is 54.1 Å². The van der Waals surface area contributed by atoms with Crippen LogP contribution in [0.2, 0.25) is 0 Å². The molecule has 6 heteroatoms. The Labute approximate surface area is 183 Å². The quantitative estimate of drug-likeness (QED) is 0.625. The summed E-state index contributed by atoms with van der Waals surface area (Å²) in [5, 5.41) is 9.35. The van der Waals surface area contributed by atoms with Gasteiger partial charge in [-0.1, -0.05) is 38.1 Å². The van der Waals surface area contributed by atoms with Crippen LogP contribution < -0.4 is 4.90 Å². The van der Waals surface area contributed by atoms with Crippen molar-refractivity contribution in [3.63, 3.8) is 0 Å². The summed E-state index contributed by atoms with van der Waals surface area (Å²) in [5.74, 6) is 0.990. The van der Waals surface area contributed by atoms with Gasteiger partial charge in [0.05, 0.1) is 28.7 Å². The number of anilines is 1. The number of hydrogen-bond acceptors (Lipinski definition) is 5. The molecular weight excluding hydrogens is 386 g/mol. The lowest BCUT2D eigenvalue weighted by atomic mass is 10.1. The van der Waals surface area contributed by atoms with E-state index < -0.39 is 0 Å². The molecule has 1 aromatic heterocycles. The number of carbonyl (C=O) groups excluding carboxylic acids is 1. The summed E-state index contributed by atoms with van der Waals surface area (Å²) >= 11 is 0. The summed E-state index contributed by atoms with van der Waals surface area (Å²) in [6.07, 6.45) is 0.901. The van der Waals surface area contributed by atoms with Crippen molar-refractivity contribution in [2.75, 3.05) is 24.5 Å². The van der Waals surface area contributed by atoms with E-state index in [1.807, 2.05) is 68.1 Å². The molecule has 4 rings (SSSR count). The lowest BCUT2D eigenvalue weighted by Crippen LogP contribution is -2.43. The van der Waals surface area contributed by atoms with Gasteiger partial charge in [0.1, 0.15) is 5.69 Å². The van der Waals surface area contributed by atoms with Crippen molar-refractivity contribution >= 4 is 22.8 Å². The number of amides is 1. The molecule has 0 bridgehead atoms. The number of rotatable bonds is 5. The van der Waals surface area contributed by atoms with Gasteiger partial charge in [-0.05, 0) is 37.6 Å². The van der Waals surface area contributed by atoms with Gasteiger partial charge < -0.3 is 9.80 Å². The Balaban J connectivity index is 1.75. The molecule has 0 aliphatic carbocycles. The van der Waals surface area contributed by atoms with Gasteiger partial charge in [-0.3, -0.25) is 4.79 Å². The normalized spacial score (nSPS) is 16.0. The molecule has 3 aromatic rings. The summed E-state index contributed by atoms with van der Waals surface area (Å²) in [4.78, 5) is 26.8. The van der Waals surface area contributed by atoms with Crippen LogP contribution in [0.15, 0.2) is 48.5 Å². The van der Waals surface area contributed by atoms with Crippen molar-refractivity contribution in [1.82, 2.24) is 14.9 Å². The van der Waals surface area contributed by atoms with E-state index in [1.54, 1.807) is 6.07 Å². The number of carbonyl (C=O) groups is 1. The zero-order valence-electron chi connectivity index (χ0n) is 18.2. The van der Waals surface area contributed by atoms with Gasteiger partial charge in [0.2, 0.25) is 5.91 Å². The van der Waals surface area contributed by atoms with Crippen LogP contribution in [0.5, 0.6) is 0 Å². The molecule has 1 aliphatic rings. The number of nitrogens with zero attached hydrogens (tertiary/aromatic N) is 5. The van der Waals surface area contributed by atoms with Gasteiger partial charge in [0.15, 0.2) is 5.82 Å². The van der Waals surface area contributed by atoms with Crippen molar-refractivity contribution in [1.29, 1.82) is 5.26 Å². The first-order valence-corrected chi connectivity index (χ1v) is 10.8. The highest BCUT2D eigenvalue weighted by atomic mass is 16.2. The molecule has 0 radical (unpaired) electrons. The lowest BCUT2D eigenvalue weighted by molar-refractivity contribution is -0.136. The second-order valence-electron chi connectivity index (χ2n) is 8.24. The third-order valence-electron chi connectivity index (χ3n) is 5.84. The van der Waals surface area contributed by atoms with Crippen LogP contribution in [0.3, 0.4) is 0 Å². The maximum absolute atomic E-state index is 12.7. The molecule has 0 saturated carbocycles. The average Bonchev–Trinajstić information content (AvgIpc) is 3.28. The number of aromatic nitrogens is 2. The fourth-order valence-electron chi connectivity index (χ4n) is 4.26. The van der Waals surface area contributed by atoms with Gasteiger partial charge >= 0.3 is 0 Å². The van der Waals surface area contributed by atoms with E-state index in [4.69, 9.17) is 9.97 Å². The smallest absolute Gasteiger partial charge is 0.225 e. The summed E-state index contributed by atoms with van der Waals surface area (Å²) < 4.78 is 0. The standard InChI is InChI=1S/C25H27N5O/c1-4-30(25(31)17(2)3)20-12-13-29(16-20)24-23(19-9-7-8-18(14-19)15-26)27-21-10-5-6-11-22(21)28-24/h5-11,14,17,20H,4,12-13,16H2,1-3H3/t20-/m0/s1. The first-order chi connectivity index (χ1) is 15.0. The van der Waals surface area contributed by atoms with E-state index in [2.05, 4.69) is 11.0 Å². The first-order valence-electron chi connectivity index (χ1n) is 10.8. The third-order valence-corrected chi connectivity index (χ3v) is 5.84. The second-order valence-corrected chi connectivity index (χ2v) is 8.24. The number of likely N-dealkylation sites (N-methyl/N-ethyl adjacent to an activating group) is 1. The van der Waals surface area contributed by atoms with E-state index in [1.165, 1.54) is 0 Å². The Hall–Kier alpha value is -3.46. The second kappa shape index (κ2) is 8.73. The summed E-state index contributed by atoms with van der Waals surface area (Å²) in [5.41, 5.74) is 3.91. The molecule has 31 heavy (non-hydrogen) atoms. The fourth-order valence-corrected chi connectivity index (χ4v) is 4.26. The number of hydrogen-bond donors (Lipinski definition) is 0. The molecule has 0 spiro atoms. The zero-order valence-corrected chi connectivity index (χ0v) is 18.2. The largest absolute Gasteiger partial charge is 0.353 e. The molecule has 2 aromatic carbocycles. The molecular formula is C25H27N5O. The Kier molecular flexibility index (Phi) is 5.85. The lowest BCUT2D eigenvalue weighted by Gasteiger charge is -2.30. The Morgan fingerprint density at radius 3 is 2.61 bits per heavy atom. The third kappa shape index (κ3) is 4.09. The first kappa shape index (κ1) is 20.8. The summed E-state index contributed by atoms with van der Waals surface area (Å²) in [6, 6.07) is 17.7. The molecule has 1 aliphatic heterocycles. The van der Waals surface area contributed by atoms with Crippen LogP contribution in [0.1, 0.15) is 32.8 Å². The predicted octanol–water partition coefficient (Wildman–Crippen LogP) is 4.25. The van der Waals surface area contributed by atoms with Crippen LogP contribution in [0.25, 0.3) is 22.3 Å². The van der Waals surface area contributed by atoms with Gasteiger partial charge in [0, 0.05) is 31.1 Å². The van der Waals surface area contributed by atoms with Crippen molar-refractivity contribution < 1.29 is 4.79 Å². The molecule has 1 amide bonds. The van der Waals surface area contributed by atoms with E-state index in [0.29, 0.717) is 12.1 Å². The Morgan fingerprint density at radius 2 is 1.94 bits per heavy atom. The minimum Gasteiger partial charge on any atom is -0.353 e. The molecule has 1 saturated heterocycles. The van der Waals surface area contributed by atoms with Crippen LogP contribution in [-0.2, 0) is 4.79 Å². The zero-order chi connectivity index (χ0) is 22.0. The minimum absolute atomic E-state index is 0.0151. The summed E-state index contributed by atoms with van der Waals surface area (Å²) in [7, 11) is 0. The molecule has 0 unspecified atom stereocenters. The number of nitriles is 1. The minimum atomic E-state index is -0.0151. The number of para-hydroxylation sites is 2. The van der Waals surface area contributed by atoms with Crippen LogP contribution >= 0.6 is 0 Å². The van der Waals surface area contributed by atoms with Crippen molar-refractivity contribution in [2.45, 2.75) is 33.2 Å². The van der Waals surface area contributed by atoms with Gasteiger partial charge in [0.25, 0.3) is 0 Å². The SMILES string of the molecule is CCN(C(=O)C(C)C)[C@H]1CCN(c2nc3ccccc3nc2-c2cccc(C#N)c2)C1. The van der Waals surface area contributed by atoms with E-state index >= 15 is 0 Å². The van der Waals surface area contributed by atoms with E-state index in [9.17, 15) is 10.1 Å². The van der Waals surface area contributed by atoms with Gasteiger partial charge in [-0.15, -0.1) is 0 Å². The predicted molar refractivity (Wildman–Crippen MR) is 123 cm³/mol. The van der Waals surface area contributed by atoms with Crippen LogP contribution in [0.4, 0.5) is 5.82 Å².